The van der Waals surface area contributed by atoms with Crippen LogP contribution in [0.5, 0.6) is 0 Å². The molecule has 0 radical (unpaired) electrons. The van der Waals surface area contributed by atoms with Crippen LogP contribution < -0.4 is 5.32 Å². The first-order valence-electron chi connectivity index (χ1n) is 9.59. The van der Waals surface area contributed by atoms with Crippen molar-refractivity contribution in [1.29, 1.82) is 0 Å². The lowest BCUT2D eigenvalue weighted by Gasteiger charge is -2.24. The van der Waals surface area contributed by atoms with E-state index in [2.05, 4.69) is 10.5 Å². The normalized spacial score (nSPS) is 20.2. The Balaban J connectivity index is 1.44. The van der Waals surface area contributed by atoms with E-state index >= 15 is 0 Å². The lowest BCUT2D eigenvalue weighted by Crippen LogP contribution is -2.47. The van der Waals surface area contributed by atoms with Gasteiger partial charge < -0.3 is 24.3 Å². The molecule has 1 unspecified atom stereocenters. The molecule has 8 heteroatoms. The zero-order valence-corrected chi connectivity index (χ0v) is 16.3. The van der Waals surface area contributed by atoms with Crippen molar-refractivity contribution in [2.24, 2.45) is 0 Å². The topological polar surface area (TPSA) is 109 Å². The molecule has 1 fully saturated rings. The summed E-state index contributed by atoms with van der Waals surface area (Å²) in [6, 6.07) is 10.1. The van der Waals surface area contributed by atoms with Crippen molar-refractivity contribution in [3.8, 4) is 0 Å². The number of furan rings is 1. The third kappa shape index (κ3) is 4.02. The summed E-state index contributed by atoms with van der Waals surface area (Å²) in [5.41, 5.74) is 1.43. The van der Waals surface area contributed by atoms with Gasteiger partial charge in [-0.1, -0.05) is 23.4 Å². The number of carbonyl (C=O) groups excluding carboxylic acids is 2. The second kappa shape index (κ2) is 7.71. The van der Waals surface area contributed by atoms with Crippen LogP contribution in [0.3, 0.4) is 0 Å². The van der Waals surface area contributed by atoms with E-state index in [0.717, 1.165) is 11.0 Å². The number of nitrogens with zero attached hydrogens (tertiary/aromatic N) is 2. The number of hydrogen-bond acceptors (Lipinski definition) is 6. The van der Waals surface area contributed by atoms with Gasteiger partial charge in [-0.05, 0) is 26.0 Å². The summed E-state index contributed by atoms with van der Waals surface area (Å²) in [7, 11) is 0. The Kier molecular flexibility index (Phi) is 5.10. The molecule has 1 aromatic carbocycles. The largest absolute Gasteiger partial charge is 0.459 e. The summed E-state index contributed by atoms with van der Waals surface area (Å²) in [5.74, 6) is 0.461. The van der Waals surface area contributed by atoms with Crippen LogP contribution in [0.2, 0.25) is 0 Å². The Bertz CT molecular complexity index is 1010. The van der Waals surface area contributed by atoms with Crippen LogP contribution in [0.25, 0.3) is 11.0 Å². The molecule has 0 bridgehead atoms. The number of benzene rings is 1. The Hall–Kier alpha value is -3.13. The van der Waals surface area contributed by atoms with Crippen molar-refractivity contribution in [1.82, 2.24) is 15.4 Å². The fourth-order valence-electron chi connectivity index (χ4n) is 3.68. The van der Waals surface area contributed by atoms with Crippen molar-refractivity contribution < 1.29 is 23.6 Å². The van der Waals surface area contributed by atoms with Crippen LogP contribution in [0.1, 0.15) is 36.6 Å². The predicted octanol–water partition coefficient (Wildman–Crippen LogP) is 2.11. The average Bonchev–Trinajstić information content (AvgIpc) is 3.39. The molecule has 2 N–H and O–H groups in total. The summed E-state index contributed by atoms with van der Waals surface area (Å²) in [5, 5.41) is 17.7. The first-order chi connectivity index (χ1) is 13.9. The van der Waals surface area contributed by atoms with E-state index < -0.39 is 12.1 Å². The van der Waals surface area contributed by atoms with E-state index in [4.69, 9.17) is 8.94 Å². The number of likely N-dealkylation sites (tertiary alicyclic amines) is 1. The molecule has 2 amide bonds. The van der Waals surface area contributed by atoms with E-state index in [1.54, 1.807) is 13.0 Å². The summed E-state index contributed by atoms with van der Waals surface area (Å²) >= 11 is 0. The molecule has 0 aliphatic carbocycles. The number of fused-ring (bicyclic) bond motifs is 1. The van der Waals surface area contributed by atoms with Gasteiger partial charge in [-0.25, -0.2) is 0 Å². The van der Waals surface area contributed by atoms with Crippen LogP contribution in [-0.2, 0) is 16.0 Å². The second-order valence-electron chi connectivity index (χ2n) is 7.48. The zero-order valence-electron chi connectivity index (χ0n) is 16.3. The molecule has 3 heterocycles. The van der Waals surface area contributed by atoms with Gasteiger partial charge in [0.05, 0.1) is 24.3 Å². The zero-order chi connectivity index (χ0) is 20.5. The number of β-amino-alcohol motifs (C(OH)–C–C–N with tert-alkyl or cyclic N) is 1. The number of aryl methyl sites for hydroxylation is 1. The number of aliphatic hydroxyl groups excluding tert-OH is 1. The summed E-state index contributed by atoms with van der Waals surface area (Å²) < 4.78 is 10.9. The minimum Gasteiger partial charge on any atom is -0.459 e. The Labute approximate surface area is 167 Å². The monoisotopic (exact) mass is 397 g/mol. The first kappa shape index (κ1) is 19.2. The molecule has 1 saturated heterocycles. The highest BCUT2D eigenvalue weighted by Gasteiger charge is 2.39. The SMILES string of the molecule is Cc1cc(CC(=O)N2C[C@H](O)C[C@H]2C(=O)NC(C)c2cc3ccccc3o2)on1. The molecule has 8 nitrogen and oxygen atoms in total. The van der Waals surface area contributed by atoms with E-state index in [1.165, 1.54) is 4.90 Å². The van der Waals surface area contributed by atoms with Gasteiger partial charge >= 0.3 is 0 Å². The van der Waals surface area contributed by atoms with Gasteiger partial charge in [0.1, 0.15) is 23.1 Å². The number of hydrogen-bond donors (Lipinski definition) is 2. The van der Waals surface area contributed by atoms with Gasteiger partial charge in [0.15, 0.2) is 0 Å². The average molecular weight is 397 g/mol. The lowest BCUT2D eigenvalue weighted by atomic mass is 10.1. The number of amides is 2. The molecular weight excluding hydrogens is 374 g/mol. The van der Waals surface area contributed by atoms with E-state index in [9.17, 15) is 14.7 Å². The lowest BCUT2D eigenvalue weighted by molar-refractivity contribution is -0.138. The van der Waals surface area contributed by atoms with Crippen molar-refractivity contribution >= 4 is 22.8 Å². The number of nitrogens with one attached hydrogen (secondary N) is 1. The summed E-state index contributed by atoms with van der Waals surface area (Å²) in [6.07, 6.45) is -0.552. The molecule has 0 saturated carbocycles. The van der Waals surface area contributed by atoms with Crippen LogP contribution in [0.4, 0.5) is 0 Å². The predicted molar refractivity (Wildman–Crippen MR) is 104 cm³/mol. The molecule has 4 rings (SSSR count). The van der Waals surface area contributed by atoms with Gasteiger partial charge in [-0.3, -0.25) is 9.59 Å². The molecule has 152 valence electrons. The summed E-state index contributed by atoms with van der Waals surface area (Å²) in [6.45, 7) is 3.71. The maximum Gasteiger partial charge on any atom is 0.243 e. The number of aromatic nitrogens is 1. The highest BCUT2D eigenvalue weighted by Crippen LogP contribution is 2.25. The molecule has 3 atom stereocenters. The first-order valence-corrected chi connectivity index (χ1v) is 9.59. The van der Waals surface area contributed by atoms with Gasteiger partial charge in [0.2, 0.25) is 11.8 Å². The maximum atomic E-state index is 12.9. The fraction of sp³-hybridized carbons (Fsp3) is 0.381. The van der Waals surface area contributed by atoms with Crippen molar-refractivity contribution in [3.05, 3.63) is 53.6 Å². The molecule has 1 aliphatic heterocycles. The molecule has 3 aromatic rings. The van der Waals surface area contributed by atoms with Crippen LogP contribution in [-0.4, -0.2) is 45.7 Å². The second-order valence-corrected chi connectivity index (χ2v) is 7.48. The third-order valence-electron chi connectivity index (χ3n) is 5.13. The maximum absolute atomic E-state index is 12.9. The van der Waals surface area contributed by atoms with Crippen molar-refractivity contribution in [2.45, 2.75) is 44.9 Å². The molecule has 2 aromatic heterocycles. The van der Waals surface area contributed by atoms with E-state index in [0.29, 0.717) is 17.2 Å². The van der Waals surface area contributed by atoms with Crippen molar-refractivity contribution in [3.63, 3.8) is 0 Å². The van der Waals surface area contributed by atoms with Crippen LogP contribution in [0.15, 0.2) is 45.3 Å². The number of rotatable bonds is 5. The van der Waals surface area contributed by atoms with E-state index in [1.807, 2.05) is 37.3 Å². The highest BCUT2D eigenvalue weighted by molar-refractivity contribution is 5.89. The smallest absolute Gasteiger partial charge is 0.243 e. The van der Waals surface area contributed by atoms with Crippen molar-refractivity contribution in [2.75, 3.05) is 6.54 Å². The minimum absolute atomic E-state index is 0.00351. The highest BCUT2D eigenvalue weighted by atomic mass is 16.5. The molecule has 1 aliphatic rings. The third-order valence-corrected chi connectivity index (χ3v) is 5.13. The number of para-hydroxylation sites is 1. The number of aliphatic hydroxyl groups is 1. The Morgan fingerprint density at radius 1 is 1.34 bits per heavy atom. The van der Waals surface area contributed by atoms with Gasteiger partial charge in [0, 0.05) is 24.4 Å². The standard InChI is InChI=1S/C21H23N3O5/c1-12-7-16(29-23-12)10-20(26)24-11-15(25)9-17(24)21(27)22-13(2)19-8-14-5-3-4-6-18(14)28-19/h3-8,13,15,17,25H,9-11H2,1-2H3,(H,22,27)/t13?,15-,17+/m1/s1. The number of carbonyl (C=O) groups is 2. The van der Waals surface area contributed by atoms with Gasteiger partial charge in [-0.15, -0.1) is 0 Å². The minimum atomic E-state index is -0.743. The van der Waals surface area contributed by atoms with Crippen LogP contribution in [0, 0.1) is 6.92 Å². The van der Waals surface area contributed by atoms with Gasteiger partial charge in [0.25, 0.3) is 0 Å². The summed E-state index contributed by atoms with van der Waals surface area (Å²) in [4.78, 5) is 27.0. The van der Waals surface area contributed by atoms with E-state index in [-0.39, 0.29) is 37.2 Å². The van der Waals surface area contributed by atoms with Gasteiger partial charge in [-0.2, -0.15) is 0 Å². The fourth-order valence-corrected chi connectivity index (χ4v) is 3.68. The Morgan fingerprint density at radius 2 is 2.14 bits per heavy atom. The molecular formula is C21H23N3O5. The molecule has 29 heavy (non-hydrogen) atoms. The Morgan fingerprint density at radius 3 is 2.86 bits per heavy atom. The quantitative estimate of drug-likeness (QED) is 0.683. The van der Waals surface area contributed by atoms with Crippen LogP contribution >= 0.6 is 0 Å². The molecule has 0 spiro atoms.